The summed E-state index contributed by atoms with van der Waals surface area (Å²) >= 11 is 0. The first-order valence-corrected chi connectivity index (χ1v) is 14.1. The molecule has 0 aliphatic rings. The monoisotopic (exact) mass is 534 g/mol. The summed E-state index contributed by atoms with van der Waals surface area (Å²) in [5.74, 6) is 1.71. The number of hydrogen-bond donors (Lipinski definition) is 0. The van der Waals surface area contributed by atoms with Gasteiger partial charge in [-0.15, -0.1) is 0 Å². The smallest absolute Gasteiger partial charge is 0.119 e. The van der Waals surface area contributed by atoms with Crippen molar-refractivity contribution in [2.45, 2.75) is 52.4 Å². The van der Waals surface area contributed by atoms with Crippen LogP contribution in [-0.2, 0) is 6.42 Å². The second-order valence-electron chi connectivity index (χ2n) is 9.75. The van der Waals surface area contributed by atoms with Crippen molar-refractivity contribution in [3.8, 4) is 11.5 Å². The standard InChI is InChI=1S/C34H38N4O2/c1-3-8-28-11-15-30(16-12-28)36-38-32-19-23-34(24-20-32)40-26-7-5-4-6-25-39-33-21-17-31(18-22-33)37-35-29-13-9-27(2)10-14-29/h9-24H,3-8,25-26H2,1-2H3. The summed E-state index contributed by atoms with van der Waals surface area (Å²) in [6.45, 7) is 5.64. The molecule has 0 aliphatic carbocycles. The van der Waals surface area contributed by atoms with Gasteiger partial charge in [-0.25, -0.2) is 0 Å². The average molecular weight is 535 g/mol. The molecule has 4 rings (SSSR count). The van der Waals surface area contributed by atoms with Crippen molar-refractivity contribution in [2.75, 3.05) is 13.2 Å². The Kier molecular flexibility index (Phi) is 11.4. The lowest BCUT2D eigenvalue weighted by Crippen LogP contribution is -1.99. The number of hydrogen-bond acceptors (Lipinski definition) is 6. The quantitative estimate of drug-likeness (QED) is 0.112. The molecule has 0 saturated carbocycles. The second kappa shape index (κ2) is 15.9. The molecule has 4 aromatic rings. The Hall–Kier alpha value is -4.32. The molecule has 40 heavy (non-hydrogen) atoms. The minimum absolute atomic E-state index is 0.698. The Morgan fingerprint density at radius 3 is 1.25 bits per heavy atom. The molecule has 0 fully saturated rings. The molecule has 0 heterocycles. The summed E-state index contributed by atoms with van der Waals surface area (Å²) in [5, 5.41) is 17.2. The van der Waals surface area contributed by atoms with Crippen LogP contribution in [0.2, 0.25) is 0 Å². The van der Waals surface area contributed by atoms with E-state index in [1.54, 1.807) is 0 Å². The molecule has 0 aromatic heterocycles. The summed E-state index contributed by atoms with van der Waals surface area (Å²) in [7, 11) is 0. The van der Waals surface area contributed by atoms with Crippen LogP contribution in [0, 0.1) is 6.92 Å². The van der Waals surface area contributed by atoms with Crippen LogP contribution in [0.15, 0.2) is 118 Å². The Morgan fingerprint density at radius 2 is 0.850 bits per heavy atom. The van der Waals surface area contributed by atoms with Crippen LogP contribution in [0.5, 0.6) is 11.5 Å². The van der Waals surface area contributed by atoms with Gasteiger partial charge in [0, 0.05) is 0 Å². The fourth-order valence-electron chi connectivity index (χ4n) is 4.02. The van der Waals surface area contributed by atoms with Crippen LogP contribution in [-0.4, -0.2) is 13.2 Å². The van der Waals surface area contributed by atoms with Gasteiger partial charge in [0.05, 0.1) is 36.0 Å². The number of aryl methyl sites for hydroxylation is 2. The van der Waals surface area contributed by atoms with E-state index in [0.717, 1.165) is 72.8 Å². The largest absolute Gasteiger partial charge is 0.494 e. The molecular weight excluding hydrogens is 496 g/mol. The normalized spacial score (nSPS) is 11.3. The third kappa shape index (κ3) is 10.1. The summed E-state index contributed by atoms with van der Waals surface area (Å²) in [5.41, 5.74) is 5.86. The summed E-state index contributed by atoms with van der Waals surface area (Å²) in [6, 6.07) is 31.7. The molecule has 0 bridgehead atoms. The minimum atomic E-state index is 0.698. The van der Waals surface area contributed by atoms with Gasteiger partial charge in [0.15, 0.2) is 0 Å². The van der Waals surface area contributed by atoms with Crippen LogP contribution in [0.4, 0.5) is 22.7 Å². The molecule has 0 unspecified atom stereocenters. The zero-order valence-corrected chi connectivity index (χ0v) is 23.5. The molecule has 0 aliphatic heterocycles. The molecule has 0 radical (unpaired) electrons. The van der Waals surface area contributed by atoms with Gasteiger partial charge >= 0.3 is 0 Å². The minimum Gasteiger partial charge on any atom is -0.494 e. The molecule has 0 N–H and O–H groups in total. The van der Waals surface area contributed by atoms with E-state index in [4.69, 9.17) is 9.47 Å². The first-order valence-electron chi connectivity index (χ1n) is 14.1. The number of rotatable bonds is 15. The van der Waals surface area contributed by atoms with Crippen molar-refractivity contribution in [3.63, 3.8) is 0 Å². The lowest BCUT2D eigenvalue weighted by atomic mass is 10.1. The van der Waals surface area contributed by atoms with Crippen LogP contribution >= 0.6 is 0 Å². The van der Waals surface area contributed by atoms with Gasteiger partial charge in [0.2, 0.25) is 0 Å². The molecular formula is C34H38N4O2. The topological polar surface area (TPSA) is 67.9 Å². The molecule has 0 atom stereocenters. The van der Waals surface area contributed by atoms with Crippen molar-refractivity contribution in [1.29, 1.82) is 0 Å². The van der Waals surface area contributed by atoms with Crippen molar-refractivity contribution in [2.24, 2.45) is 20.5 Å². The zero-order valence-electron chi connectivity index (χ0n) is 23.5. The SMILES string of the molecule is CCCc1ccc(N=Nc2ccc(OCCCCCCOc3ccc(N=Nc4ccc(C)cc4)cc3)cc2)cc1. The molecule has 0 spiro atoms. The molecule has 4 aromatic carbocycles. The van der Waals surface area contributed by atoms with E-state index < -0.39 is 0 Å². The Bertz CT molecular complexity index is 1330. The first kappa shape index (κ1) is 28.7. The van der Waals surface area contributed by atoms with E-state index in [1.165, 1.54) is 11.1 Å². The average Bonchev–Trinajstić information content (AvgIpc) is 2.99. The number of nitrogens with zero attached hydrogens (tertiary/aromatic N) is 4. The highest BCUT2D eigenvalue weighted by Gasteiger charge is 1.99. The van der Waals surface area contributed by atoms with Crippen molar-refractivity contribution in [3.05, 3.63) is 108 Å². The molecule has 6 nitrogen and oxygen atoms in total. The third-order valence-electron chi connectivity index (χ3n) is 6.32. The van der Waals surface area contributed by atoms with E-state index in [0.29, 0.717) is 13.2 Å². The van der Waals surface area contributed by atoms with E-state index in [9.17, 15) is 0 Å². The van der Waals surface area contributed by atoms with E-state index in [1.807, 2.05) is 84.9 Å². The number of unbranched alkanes of at least 4 members (excludes halogenated alkanes) is 3. The van der Waals surface area contributed by atoms with Gasteiger partial charge in [-0.2, -0.15) is 20.5 Å². The Balaban J connectivity index is 1.06. The molecule has 6 heteroatoms. The number of benzene rings is 4. The fourth-order valence-corrected chi connectivity index (χ4v) is 4.02. The Morgan fingerprint density at radius 1 is 0.475 bits per heavy atom. The highest BCUT2D eigenvalue weighted by molar-refractivity contribution is 5.44. The summed E-state index contributed by atoms with van der Waals surface area (Å²) in [4.78, 5) is 0. The highest BCUT2D eigenvalue weighted by atomic mass is 16.5. The van der Waals surface area contributed by atoms with Gasteiger partial charge in [-0.05, 0) is 117 Å². The van der Waals surface area contributed by atoms with Crippen molar-refractivity contribution >= 4 is 22.7 Å². The van der Waals surface area contributed by atoms with E-state index in [2.05, 4.69) is 46.4 Å². The van der Waals surface area contributed by atoms with Gasteiger partial charge in [-0.1, -0.05) is 43.2 Å². The maximum Gasteiger partial charge on any atom is 0.119 e. The molecule has 0 saturated heterocycles. The predicted octanol–water partition coefficient (Wildman–Crippen LogP) is 10.8. The van der Waals surface area contributed by atoms with Gasteiger partial charge < -0.3 is 9.47 Å². The second-order valence-corrected chi connectivity index (χ2v) is 9.75. The van der Waals surface area contributed by atoms with Gasteiger partial charge in [0.1, 0.15) is 11.5 Å². The third-order valence-corrected chi connectivity index (χ3v) is 6.32. The summed E-state index contributed by atoms with van der Waals surface area (Å²) < 4.78 is 11.7. The zero-order chi connectivity index (χ0) is 27.8. The van der Waals surface area contributed by atoms with E-state index >= 15 is 0 Å². The number of ether oxygens (including phenoxy) is 2. The van der Waals surface area contributed by atoms with Gasteiger partial charge in [-0.3, -0.25) is 0 Å². The highest BCUT2D eigenvalue weighted by Crippen LogP contribution is 2.23. The van der Waals surface area contributed by atoms with Crippen LogP contribution in [0.1, 0.15) is 50.2 Å². The van der Waals surface area contributed by atoms with Crippen LogP contribution in [0.25, 0.3) is 0 Å². The Labute approximate surface area is 237 Å². The maximum atomic E-state index is 5.88. The van der Waals surface area contributed by atoms with Crippen molar-refractivity contribution < 1.29 is 9.47 Å². The van der Waals surface area contributed by atoms with Gasteiger partial charge in [0.25, 0.3) is 0 Å². The lowest BCUT2D eigenvalue weighted by Gasteiger charge is -2.07. The number of azo groups is 2. The predicted molar refractivity (Wildman–Crippen MR) is 162 cm³/mol. The lowest BCUT2D eigenvalue weighted by molar-refractivity contribution is 0.287. The first-order chi connectivity index (χ1) is 19.7. The fraction of sp³-hybridized carbons (Fsp3) is 0.294. The molecule has 206 valence electrons. The van der Waals surface area contributed by atoms with Crippen molar-refractivity contribution in [1.82, 2.24) is 0 Å². The van der Waals surface area contributed by atoms with Crippen LogP contribution < -0.4 is 9.47 Å². The molecule has 0 amide bonds. The van der Waals surface area contributed by atoms with Crippen LogP contribution in [0.3, 0.4) is 0 Å². The van der Waals surface area contributed by atoms with E-state index in [-0.39, 0.29) is 0 Å². The maximum absolute atomic E-state index is 5.88. The summed E-state index contributed by atoms with van der Waals surface area (Å²) in [6.07, 6.45) is 6.46.